The fourth-order valence-electron chi connectivity index (χ4n) is 0.516. The molecule has 0 N–H and O–H groups in total. The first-order valence-electron chi connectivity index (χ1n) is 3.31. The summed E-state index contributed by atoms with van der Waals surface area (Å²) in [4.78, 5) is 0. The minimum atomic E-state index is -3.37. The fourth-order valence-corrected chi connectivity index (χ4v) is 1.55. The van der Waals surface area contributed by atoms with Crippen LogP contribution in [0.5, 0.6) is 0 Å². The Labute approximate surface area is 67.5 Å². The number of hydrogen-bond acceptors (Lipinski definition) is 3. The fraction of sp³-hybridized carbons (Fsp3) is 0.833. The first kappa shape index (κ1) is 10.4. The Morgan fingerprint density at radius 1 is 1.64 bits per heavy atom. The molecule has 0 heterocycles. The third kappa shape index (κ3) is 2.17. The summed E-state index contributed by atoms with van der Waals surface area (Å²) in [6.45, 7) is 3.50. The second kappa shape index (κ2) is 3.69. The third-order valence-electron chi connectivity index (χ3n) is 1.51. The Kier molecular flexibility index (Phi) is 3.49. The molecule has 0 aliphatic heterocycles. The number of rotatable bonds is 3. The molecule has 4 nitrogen and oxygen atoms in total. The average molecular weight is 176 g/mol. The molecule has 0 saturated carbocycles. The Morgan fingerprint density at radius 2 is 2.09 bits per heavy atom. The molecule has 0 radical (unpaired) electrons. The predicted octanol–water partition coefficient (Wildman–Crippen LogP) is 0.180. The van der Waals surface area contributed by atoms with Gasteiger partial charge in [-0.2, -0.15) is 5.26 Å². The van der Waals surface area contributed by atoms with Crippen LogP contribution in [-0.2, 0) is 10.0 Å². The topological polar surface area (TPSA) is 61.2 Å². The minimum absolute atomic E-state index is 0.397. The molecule has 0 fully saturated rings. The summed E-state index contributed by atoms with van der Waals surface area (Å²) in [6, 6.07) is 1.69. The summed E-state index contributed by atoms with van der Waals surface area (Å²) in [5.74, 6) is 0. The molecule has 0 aromatic carbocycles. The maximum atomic E-state index is 11.2. The molecule has 0 aromatic rings. The molecule has 1 unspecified atom stereocenters. The van der Waals surface area contributed by atoms with Gasteiger partial charge in [0.25, 0.3) is 0 Å². The van der Waals surface area contributed by atoms with Gasteiger partial charge in [0, 0.05) is 13.6 Å². The van der Waals surface area contributed by atoms with Crippen LogP contribution in [0, 0.1) is 11.3 Å². The summed E-state index contributed by atoms with van der Waals surface area (Å²) in [5.41, 5.74) is 0. The van der Waals surface area contributed by atoms with Gasteiger partial charge in [-0.25, -0.2) is 12.7 Å². The molecule has 64 valence electrons. The van der Waals surface area contributed by atoms with Gasteiger partial charge in [0.1, 0.15) is 0 Å². The van der Waals surface area contributed by atoms with E-state index in [1.807, 2.05) is 0 Å². The highest BCUT2D eigenvalue weighted by atomic mass is 32.2. The van der Waals surface area contributed by atoms with Crippen molar-refractivity contribution < 1.29 is 8.42 Å². The van der Waals surface area contributed by atoms with Crippen LogP contribution in [0.15, 0.2) is 0 Å². The third-order valence-corrected chi connectivity index (χ3v) is 3.63. The van der Waals surface area contributed by atoms with Crippen LogP contribution >= 0.6 is 0 Å². The number of hydrogen-bond donors (Lipinski definition) is 0. The van der Waals surface area contributed by atoms with Crippen molar-refractivity contribution in [3.8, 4) is 6.07 Å². The van der Waals surface area contributed by atoms with Crippen molar-refractivity contribution in [3.63, 3.8) is 0 Å². The van der Waals surface area contributed by atoms with Crippen LogP contribution in [0.1, 0.15) is 13.8 Å². The molecular formula is C6H12N2O2S. The zero-order valence-electron chi connectivity index (χ0n) is 6.90. The Bertz CT molecular complexity index is 252. The molecule has 5 heteroatoms. The molecule has 0 rings (SSSR count). The lowest BCUT2D eigenvalue weighted by Gasteiger charge is -2.15. The Hall–Kier alpha value is -0.600. The van der Waals surface area contributed by atoms with Crippen LogP contribution in [-0.4, -0.2) is 31.6 Å². The highest BCUT2D eigenvalue weighted by Gasteiger charge is 2.23. The van der Waals surface area contributed by atoms with Crippen molar-refractivity contribution in [1.29, 1.82) is 5.26 Å². The first-order valence-corrected chi connectivity index (χ1v) is 4.82. The van der Waals surface area contributed by atoms with Crippen LogP contribution in [0.4, 0.5) is 0 Å². The van der Waals surface area contributed by atoms with Crippen LogP contribution in [0.3, 0.4) is 0 Å². The quantitative estimate of drug-likeness (QED) is 0.616. The SMILES string of the molecule is CCN(C)S(=O)(=O)C(C)C#N. The van der Waals surface area contributed by atoms with Crippen LogP contribution in [0.25, 0.3) is 0 Å². The first-order chi connectivity index (χ1) is 4.96. The van der Waals surface area contributed by atoms with Gasteiger partial charge in [-0.05, 0) is 6.92 Å². The maximum Gasteiger partial charge on any atom is 0.229 e. The summed E-state index contributed by atoms with van der Waals surface area (Å²) in [7, 11) is -1.91. The highest BCUT2D eigenvalue weighted by molar-refractivity contribution is 7.89. The molecule has 11 heavy (non-hydrogen) atoms. The highest BCUT2D eigenvalue weighted by Crippen LogP contribution is 2.04. The number of nitrogens with zero attached hydrogens (tertiary/aromatic N) is 2. The van der Waals surface area contributed by atoms with Crippen molar-refractivity contribution in [2.45, 2.75) is 19.1 Å². The van der Waals surface area contributed by atoms with Gasteiger partial charge in [-0.15, -0.1) is 0 Å². The second-order valence-electron chi connectivity index (χ2n) is 2.23. The smallest absolute Gasteiger partial charge is 0.211 e. The lowest BCUT2D eigenvalue weighted by molar-refractivity contribution is 0.482. The molecule has 0 aliphatic carbocycles. The van der Waals surface area contributed by atoms with Gasteiger partial charge in [0.05, 0.1) is 6.07 Å². The van der Waals surface area contributed by atoms with Crippen molar-refractivity contribution in [1.82, 2.24) is 4.31 Å². The molecule has 1 atom stereocenters. The lowest BCUT2D eigenvalue weighted by Crippen LogP contribution is -2.33. The maximum absolute atomic E-state index is 11.2. The molecule has 0 spiro atoms. The van der Waals surface area contributed by atoms with Gasteiger partial charge in [-0.1, -0.05) is 6.92 Å². The van der Waals surface area contributed by atoms with E-state index in [0.717, 1.165) is 0 Å². The van der Waals surface area contributed by atoms with Crippen molar-refractivity contribution in [2.75, 3.05) is 13.6 Å². The van der Waals surface area contributed by atoms with Crippen molar-refractivity contribution >= 4 is 10.0 Å². The Balaban J connectivity index is 4.64. The van der Waals surface area contributed by atoms with Crippen molar-refractivity contribution in [3.05, 3.63) is 0 Å². The van der Waals surface area contributed by atoms with Gasteiger partial charge in [0.2, 0.25) is 10.0 Å². The summed E-state index contributed by atoms with van der Waals surface area (Å²) in [6.07, 6.45) is 0. The van der Waals surface area contributed by atoms with E-state index in [1.54, 1.807) is 13.0 Å². The van der Waals surface area contributed by atoms with E-state index in [2.05, 4.69) is 0 Å². The molecule has 0 bridgehead atoms. The number of sulfonamides is 1. The Morgan fingerprint density at radius 3 is 2.36 bits per heavy atom. The van der Waals surface area contributed by atoms with E-state index in [-0.39, 0.29) is 0 Å². The van der Waals surface area contributed by atoms with Crippen LogP contribution < -0.4 is 0 Å². The van der Waals surface area contributed by atoms with Gasteiger partial charge >= 0.3 is 0 Å². The average Bonchev–Trinajstić information content (AvgIpc) is 2.01. The zero-order chi connectivity index (χ0) is 9.07. The molecule has 0 aromatic heterocycles. The largest absolute Gasteiger partial charge is 0.229 e. The summed E-state index contributed by atoms with van der Waals surface area (Å²) < 4.78 is 23.6. The molecule has 0 aliphatic rings. The van der Waals surface area contributed by atoms with E-state index in [0.29, 0.717) is 6.54 Å². The lowest BCUT2D eigenvalue weighted by atomic mass is 10.5. The van der Waals surface area contributed by atoms with E-state index in [1.165, 1.54) is 18.3 Å². The van der Waals surface area contributed by atoms with E-state index >= 15 is 0 Å². The predicted molar refractivity (Wildman–Crippen MR) is 42.3 cm³/mol. The van der Waals surface area contributed by atoms with Gasteiger partial charge < -0.3 is 0 Å². The zero-order valence-corrected chi connectivity index (χ0v) is 7.72. The normalized spacial score (nSPS) is 14.5. The van der Waals surface area contributed by atoms with Gasteiger partial charge in [0.15, 0.2) is 5.25 Å². The van der Waals surface area contributed by atoms with E-state index < -0.39 is 15.3 Å². The molecular weight excluding hydrogens is 164 g/mol. The monoisotopic (exact) mass is 176 g/mol. The molecule has 0 saturated heterocycles. The van der Waals surface area contributed by atoms with Gasteiger partial charge in [-0.3, -0.25) is 0 Å². The molecule has 0 amide bonds. The number of nitriles is 1. The second-order valence-corrected chi connectivity index (χ2v) is 4.59. The van der Waals surface area contributed by atoms with Crippen molar-refractivity contribution in [2.24, 2.45) is 0 Å². The minimum Gasteiger partial charge on any atom is -0.211 e. The summed E-state index contributed by atoms with van der Waals surface area (Å²) in [5, 5.41) is 7.41. The standard InChI is InChI=1S/C6H12N2O2S/c1-4-8(3)11(9,10)6(2)5-7/h6H,4H2,1-3H3. The van der Waals surface area contributed by atoms with E-state index in [9.17, 15) is 8.42 Å². The summed E-state index contributed by atoms with van der Waals surface area (Å²) >= 11 is 0. The van der Waals surface area contributed by atoms with Crippen LogP contribution in [0.2, 0.25) is 0 Å². The van der Waals surface area contributed by atoms with E-state index in [4.69, 9.17) is 5.26 Å².